The minimum Gasteiger partial charge on any atom is -0.545 e. The minimum absolute atomic E-state index is 0.0157. The average molecular weight is 206 g/mol. The summed E-state index contributed by atoms with van der Waals surface area (Å²) in [7, 11) is 0. The van der Waals surface area contributed by atoms with Gasteiger partial charge in [-0.05, 0) is 12.0 Å². The molecular formula is C9H8N3O3-. The molecule has 78 valence electrons. The molecule has 0 spiro atoms. The van der Waals surface area contributed by atoms with Crippen LogP contribution in [0.2, 0.25) is 0 Å². The predicted molar refractivity (Wildman–Crippen MR) is 48.1 cm³/mol. The number of carboxylic acids is 1. The molecule has 15 heavy (non-hydrogen) atoms. The molecule has 0 aromatic carbocycles. The molecule has 1 N–H and O–H groups in total. The van der Waals surface area contributed by atoms with Crippen molar-refractivity contribution in [3.05, 3.63) is 29.7 Å². The van der Waals surface area contributed by atoms with Gasteiger partial charge < -0.3 is 15.0 Å². The molecular weight excluding hydrogens is 198 g/mol. The van der Waals surface area contributed by atoms with Gasteiger partial charge in [0.1, 0.15) is 0 Å². The Kier molecular flexibility index (Phi) is 2.34. The molecule has 2 aromatic rings. The number of rotatable bonds is 3. The average Bonchev–Trinajstić information content (AvgIpc) is 2.61. The Balaban J connectivity index is 2.51. The van der Waals surface area contributed by atoms with E-state index in [0.717, 1.165) is 5.56 Å². The van der Waals surface area contributed by atoms with Crippen LogP contribution < -0.4 is 5.11 Å². The molecule has 6 heteroatoms. The smallest absolute Gasteiger partial charge is 0.164 e. The molecule has 0 unspecified atom stereocenters. The zero-order chi connectivity index (χ0) is 10.8. The van der Waals surface area contributed by atoms with Gasteiger partial charge in [-0.15, -0.1) is 0 Å². The van der Waals surface area contributed by atoms with Gasteiger partial charge in [0.25, 0.3) is 0 Å². The molecule has 0 aliphatic rings. The fourth-order valence-corrected chi connectivity index (χ4v) is 1.32. The number of carbonyl (C=O) groups excluding carboxylic acids is 1. The second-order valence-electron chi connectivity index (χ2n) is 3.05. The molecule has 0 saturated heterocycles. The molecule has 6 nitrogen and oxygen atoms in total. The summed E-state index contributed by atoms with van der Waals surface area (Å²) in [6.07, 6.45) is 4.80. The van der Waals surface area contributed by atoms with Crippen LogP contribution in [0.1, 0.15) is 15.9 Å². The summed E-state index contributed by atoms with van der Waals surface area (Å²) in [6, 6.07) is 0. The molecule has 0 fully saturated rings. The molecule has 0 aliphatic heterocycles. The predicted octanol–water partition coefficient (Wildman–Crippen LogP) is -1.37. The Morgan fingerprint density at radius 3 is 3.00 bits per heavy atom. The van der Waals surface area contributed by atoms with Crippen LogP contribution in [0.15, 0.2) is 18.6 Å². The lowest BCUT2D eigenvalue weighted by Crippen LogP contribution is -2.22. The Bertz CT molecular complexity index is 506. The summed E-state index contributed by atoms with van der Waals surface area (Å²) in [5, 5.41) is 23.2. The van der Waals surface area contributed by atoms with Crippen molar-refractivity contribution in [1.82, 2.24) is 14.6 Å². The van der Waals surface area contributed by atoms with Gasteiger partial charge in [-0.1, -0.05) is 0 Å². The van der Waals surface area contributed by atoms with E-state index >= 15 is 0 Å². The van der Waals surface area contributed by atoms with E-state index in [2.05, 4.69) is 10.1 Å². The van der Waals surface area contributed by atoms with Gasteiger partial charge in [0.05, 0.1) is 17.7 Å². The number of hydrogen-bond acceptors (Lipinski definition) is 5. The lowest BCUT2D eigenvalue weighted by atomic mass is 10.2. The number of aliphatic hydroxyl groups is 1. The van der Waals surface area contributed by atoms with E-state index in [1.165, 1.54) is 16.9 Å². The highest BCUT2D eigenvalue weighted by molar-refractivity contribution is 5.92. The van der Waals surface area contributed by atoms with E-state index in [-0.39, 0.29) is 17.8 Å². The van der Waals surface area contributed by atoms with Gasteiger partial charge in [-0.3, -0.25) is 0 Å². The quantitative estimate of drug-likeness (QED) is 0.668. The topological polar surface area (TPSA) is 90.5 Å². The van der Waals surface area contributed by atoms with E-state index in [4.69, 9.17) is 5.11 Å². The number of nitrogens with zero attached hydrogens (tertiary/aromatic N) is 3. The summed E-state index contributed by atoms with van der Waals surface area (Å²) in [4.78, 5) is 14.6. The Morgan fingerprint density at radius 2 is 2.33 bits per heavy atom. The first-order chi connectivity index (χ1) is 7.22. The number of carbonyl (C=O) groups is 1. The standard InChI is InChI=1S/C9H9N3O3/c13-2-1-6-3-10-8-7(9(14)15)4-11-12(8)5-6/h3-5,13H,1-2H2,(H,14,15)/p-1. The van der Waals surface area contributed by atoms with E-state index in [1.54, 1.807) is 6.20 Å². The van der Waals surface area contributed by atoms with Crippen LogP contribution in [0.3, 0.4) is 0 Å². The van der Waals surface area contributed by atoms with E-state index in [0.29, 0.717) is 6.42 Å². The van der Waals surface area contributed by atoms with Crippen molar-refractivity contribution < 1.29 is 15.0 Å². The lowest BCUT2D eigenvalue weighted by molar-refractivity contribution is -0.254. The van der Waals surface area contributed by atoms with E-state index in [1.807, 2.05) is 0 Å². The van der Waals surface area contributed by atoms with Crippen LogP contribution in [0.5, 0.6) is 0 Å². The highest BCUT2D eigenvalue weighted by atomic mass is 16.4. The van der Waals surface area contributed by atoms with Crippen LogP contribution in [0.4, 0.5) is 0 Å². The van der Waals surface area contributed by atoms with Crippen LogP contribution in [-0.4, -0.2) is 32.3 Å². The highest BCUT2D eigenvalue weighted by Gasteiger charge is 2.06. The SMILES string of the molecule is O=C([O-])c1cnn2cc(CCO)cnc12. The fraction of sp³-hybridized carbons (Fsp3) is 0.222. The molecule has 0 saturated carbocycles. The Morgan fingerprint density at radius 1 is 1.53 bits per heavy atom. The van der Waals surface area contributed by atoms with Crippen molar-refractivity contribution >= 4 is 11.6 Å². The third-order valence-corrected chi connectivity index (χ3v) is 2.03. The molecule has 0 atom stereocenters. The van der Waals surface area contributed by atoms with Crippen LogP contribution in [-0.2, 0) is 6.42 Å². The Hall–Kier alpha value is -1.95. The summed E-state index contributed by atoms with van der Waals surface area (Å²) >= 11 is 0. The summed E-state index contributed by atoms with van der Waals surface area (Å²) in [5.74, 6) is -1.30. The number of carboxylic acid groups (broad SMARTS) is 1. The second kappa shape index (κ2) is 3.66. The Labute approximate surface area is 84.8 Å². The lowest BCUT2D eigenvalue weighted by Gasteiger charge is -2.00. The summed E-state index contributed by atoms with van der Waals surface area (Å²) in [6.45, 7) is 0.0157. The molecule has 0 radical (unpaired) electrons. The molecule has 0 aliphatic carbocycles. The number of hydrogen-bond donors (Lipinski definition) is 1. The molecule has 2 aromatic heterocycles. The van der Waals surface area contributed by atoms with Crippen molar-refractivity contribution in [2.24, 2.45) is 0 Å². The zero-order valence-corrected chi connectivity index (χ0v) is 7.75. The van der Waals surface area contributed by atoms with Gasteiger partial charge in [0.15, 0.2) is 5.65 Å². The number of aliphatic hydroxyl groups excluding tert-OH is 1. The van der Waals surface area contributed by atoms with E-state index < -0.39 is 5.97 Å². The number of fused-ring (bicyclic) bond motifs is 1. The first kappa shape index (κ1) is 9.60. The molecule has 0 bridgehead atoms. The van der Waals surface area contributed by atoms with Crippen molar-refractivity contribution in [3.63, 3.8) is 0 Å². The molecule has 0 amide bonds. The summed E-state index contributed by atoms with van der Waals surface area (Å²) < 4.78 is 1.36. The zero-order valence-electron chi connectivity index (χ0n) is 7.75. The highest BCUT2D eigenvalue weighted by Crippen LogP contribution is 2.08. The van der Waals surface area contributed by atoms with Crippen LogP contribution in [0.25, 0.3) is 5.65 Å². The van der Waals surface area contributed by atoms with E-state index in [9.17, 15) is 9.90 Å². The normalized spacial score (nSPS) is 10.7. The van der Waals surface area contributed by atoms with Gasteiger partial charge in [0, 0.05) is 19.0 Å². The van der Waals surface area contributed by atoms with Crippen molar-refractivity contribution in [1.29, 1.82) is 0 Å². The number of aromatic nitrogens is 3. The van der Waals surface area contributed by atoms with Crippen molar-refractivity contribution in [3.8, 4) is 0 Å². The summed E-state index contributed by atoms with van der Waals surface area (Å²) in [5.41, 5.74) is 1.00. The minimum atomic E-state index is -1.30. The van der Waals surface area contributed by atoms with Gasteiger partial charge in [-0.2, -0.15) is 5.10 Å². The number of aromatic carboxylic acids is 1. The van der Waals surface area contributed by atoms with Crippen LogP contribution in [0, 0.1) is 0 Å². The van der Waals surface area contributed by atoms with Gasteiger partial charge in [0.2, 0.25) is 0 Å². The molecule has 2 heterocycles. The van der Waals surface area contributed by atoms with Gasteiger partial charge in [-0.25, -0.2) is 9.50 Å². The first-order valence-corrected chi connectivity index (χ1v) is 4.37. The van der Waals surface area contributed by atoms with Crippen LogP contribution >= 0.6 is 0 Å². The maximum absolute atomic E-state index is 10.6. The third kappa shape index (κ3) is 1.66. The third-order valence-electron chi connectivity index (χ3n) is 2.03. The monoisotopic (exact) mass is 206 g/mol. The van der Waals surface area contributed by atoms with Crippen molar-refractivity contribution in [2.45, 2.75) is 6.42 Å². The second-order valence-corrected chi connectivity index (χ2v) is 3.05. The largest absolute Gasteiger partial charge is 0.545 e. The molecule has 2 rings (SSSR count). The maximum atomic E-state index is 10.6. The van der Waals surface area contributed by atoms with Gasteiger partial charge >= 0.3 is 0 Å². The fourth-order valence-electron chi connectivity index (χ4n) is 1.32. The van der Waals surface area contributed by atoms with Crippen molar-refractivity contribution in [2.75, 3.05) is 6.61 Å². The maximum Gasteiger partial charge on any atom is 0.164 e. The first-order valence-electron chi connectivity index (χ1n) is 4.37.